The van der Waals surface area contributed by atoms with Crippen LogP contribution in [0, 0.1) is 11.3 Å². The lowest BCUT2D eigenvalue weighted by atomic mass is 9.83. The zero-order chi connectivity index (χ0) is 22.0. The van der Waals surface area contributed by atoms with Crippen molar-refractivity contribution in [3.8, 4) is 34.7 Å². The van der Waals surface area contributed by atoms with Crippen LogP contribution in [0.3, 0.4) is 0 Å². The first-order valence-electron chi connectivity index (χ1n) is 9.26. The molecule has 0 aliphatic carbocycles. The molecule has 0 fully saturated rings. The number of allylic oxidation sites excluding steroid dienone is 1. The van der Waals surface area contributed by atoms with Crippen LogP contribution in [-0.2, 0) is 4.79 Å². The molecule has 1 aliphatic rings. The first kappa shape index (κ1) is 19.8. The van der Waals surface area contributed by atoms with Crippen LogP contribution in [-0.4, -0.2) is 35.0 Å². The van der Waals surface area contributed by atoms with Crippen LogP contribution in [0.1, 0.15) is 17.0 Å². The van der Waals surface area contributed by atoms with E-state index in [2.05, 4.69) is 16.3 Å². The fraction of sp³-hybridized carbons (Fsp3) is 0.136. The summed E-state index contributed by atoms with van der Waals surface area (Å²) < 4.78 is 16.1. The van der Waals surface area contributed by atoms with Crippen LogP contribution >= 0.6 is 0 Å². The molecule has 9 heteroatoms. The molecule has 0 saturated heterocycles. The van der Waals surface area contributed by atoms with Gasteiger partial charge in [-0.3, -0.25) is 5.10 Å². The SMILES string of the molecule is COc1cccc(-c2[nH]nc3c2C(c2ccc(OCC(=O)O)cc2)C(C#N)=C(N)O3)c1. The molecule has 2 aromatic carbocycles. The zero-order valence-corrected chi connectivity index (χ0v) is 16.5. The smallest absolute Gasteiger partial charge is 0.341 e. The van der Waals surface area contributed by atoms with E-state index in [-0.39, 0.29) is 17.3 Å². The molecule has 0 amide bonds. The van der Waals surface area contributed by atoms with Crippen molar-refractivity contribution in [3.05, 3.63) is 71.1 Å². The number of aromatic nitrogens is 2. The molecule has 1 aromatic heterocycles. The minimum Gasteiger partial charge on any atom is -0.497 e. The van der Waals surface area contributed by atoms with E-state index in [4.69, 9.17) is 25.1 Å². The number of hydrogen-bond acceptors (Lipinski definition) is 7. The number of rotatable bonds is 6. The number of carboxylic acids is 1. The number of nitriles is 1. The molecule has 2 heterocycles. The standard InChI is InChI=1S/C22H18N4O5/c1-29-15-4-2-3-13(9-15)20-19-18(16(10-23)21(24)31-22(19)26-25-20)12-5-7-14(8-6-12)30-11-17(27)28/h2-9,18H,11,24H2,1H3,(H,25,26)(H,27,28). The number of carbonyl (C=O) groups is 1. The van der Waals surface area contributed by atoms with E-state index in [1.54, 1.807) is 31.4 Å². The van der Waals surface area contributed by atoms with Crippen LogP contribution in [0.4, 0.5) is 0 Å². The molecule has 4 N–H and O–H groups in total. The second-order valence-corrected chi connectivity index (χ2v) is 6.73. The summed E-state index contributed by atoms with van der Waals surface area (Å²) >= 11 is 0. The average Bonchev–Trinajstić information content (AvgIpc) is 3.20. The van der Waals surface area contributed by atoms with Crippen LogP contribution in [0.2, 0.25) is 0 Å². The fourth-order valence-electron chi connectivity index (χ4n) is 3.48. The highest BCUT2D eigenvalue weighted by molar-refractivity contribution is 5.72. The summed E-state index contributed by atoms with van der Waals surface area (Å²) in [4.78, 5) is 10.7. The zero-order valence-electron chi connectivity index (χ0n) is 16.5. The molecule has 0 bridgehead atoms. The topological polar surface area (TPSA) is 143 Å². The molecule has 3 aromatic rings. The summed E-state index contributed by atoms with van der Waals surface area (Å²) in [5.74, 6) is -0.275. The van der Waals surface area contributed by atoms with Crippen LogP contribution in [0.15, 0.2) is 60.0 Å². The highest BCUT2D eigenvalue weighted by atomic mass is 16.5. The largest absolute Gasteiger partial charge is 0.497 e. The Labute approximate surface area is 177 Å². The monoisotopic (exact) mass is 418 g/mol. The number of nitrogens with zero attached hydrogens (tertiary/aromatic N) is 2. The third-order valence-electron chi connectivity index (χ3n) is 4.87. The van der Waals surface area contributed by atoms with Crippen molar-refractivity contribution >= 4 is 5.97 Å². The van der Waals surface area contributed by atoms with Gasteiger partial charge in [0, 0.05) is 5.56 Å². The molecule has 1 aliphatic heterocycles. The van der Waals surface area contributed by atoms with E-state index < -0.39 is 18.5 Å². The fourth-order valence-corrected chi connectivity index (χ4v) is 3.48. The molecule has 0 saturated carbocycles. The summed E-state index contributed by atoms with van der Waals surface area (Å²) in [5.41, 5.74) is 9.15. The number of methoxy groups -OCH3 is 1. The van der Waals surface area contributed by atoms with Crippen molar-refractivity contribution < 1.29 is 24.1 Å². The first-order valence-corrected chi connectivity index (χ1v) is 9.26. The summed E-state index contributed by atoms with van der Waals surface area (Å²) in [6.45, 7) is -0.446. The van der Waals surface area contributed by atoms with Crippen LogP contribution in [0.5, 0.6) is 17.4 Å². The van der Waals surface area contributed by atoms with E-state index in [0.29, 0.717) is 22.8 Å². The highest BCUT2D eigenvalue weighted by Gasteiger charge is 2.35. The lowest BCUT2D eigenvalue weighted by Crippen LogP contribution is -2.21. The summed E-state index contributed by atoms with van der Waals surface area (Å²) in [7, 11) is 1.58. The Morgan fingerprint density at radius 3 is 2.74 bits per heavy atom. The maximum atomic E-state index is 10.7. The Morgan fingerprint density at radius 1 is 1.29 bits per heavy atom. The lowest BCUT2D eigenvalue weighted by Gasteiger charge is -2.24. The second kappa shape index (κ2) is 8.12. The Hall–Kier alpha value is -4.45. The predicted octanol–water partition coefficient (Wildman–Crippen LogP) is 2.77. The lowest BCUT2D eigenvalue weighted by molar-refractivity contribution is -0.139. The first-order chi connectivity index (χ1) is 15.0. The van der Waals surface area contributed by atoms with Gasteiger partial charge in [-0.1, -0.05) is 24.3 Å². The molecule has 0 radical (unpaired) electrons. The molecule has 31 heavy (non-hydrogen) atoms. The molecule has 156 valence electrons. The molecule has 1 atom stereocenters. The van der Waals surface area contributed by atoms with E-state index >= 15 is 0 Å². The molecule has 4 rings (SSSR count). The van der Waals surface area contributed by atoms with Crippen molar-refractivity contribution in [1.29, 1.82) is 5.26 Å². The van der Waals surface area contributed by atoms with Gasteiger partial charge < -0.3 is 25.1 Å². The number of hydrogen-bond donors (Lipinski definition) is 3. The number of ether oxygens (including phenoxy) is 3. The van der Waals surface area contributed by atoms with E-state index in [9.17, 15) is 10.1 Å². The van der Waals surface area contributed by atoms with Crippen molar-refractivity contribution in [3.63, 3.8) is 0 Å². The van der Waals surface area contributed by atoms with Gasteiger partial charge in [-0.25, -0.2) is 4.79 Å². The van der Waals surface area contributed by atoms with Gasteiger partial charge >= 0.3 is 5.97 Å². The molecule has 0 spiro atoms. The number of H-pyrrole nitrogens is 1. The molecular formula is C22H18N4O5. The summed E-state index contributed by atoms with van der Waals surface area (Å²) in [5, 5.41) is 25.8. The van der Waals surface area contributed by atoms with Crippen molar-refractivity contribution in [2.75, 3.05) is 13.7 Å². The number of nitrogens with one attached hydrogen (secondary N) is 1. The average molecular weight is 418 g/mol. The number of nitrogens with two attached hydrogens (primary N) is 1. The third kappa shape index (κ3) is 3.74. The Morgan fingerprint density at radius 2 is 2.06 bits per heavy atom. The molecule has 1 unspecified atom stereocenters. The third-order valence-corrected chi connectivity index (χ3v) is 4.87. The van der Waals surface area contributed by atoms with Gasteiger partial charge in [-0.05, 0) is 29.8 Å². The predicted molar refractivity (Wildman–Crippen MR) is 109 cm³/mol. The number of aromatic amines is 1. The number of carboxylic acid groups (broad SMARTS) is 1. The van der Waals surface area contributed by atoms with Gasteiger partial charge in [0.25, 0.3) is 0 Å². The van der Waals surface area contributed by atoms with Crippen molar-refractivity contribution in [1.82, 2.24) is 10.2 Å². The van der Waals surface area contributed by atoms with Gasteiger partial charge in [-0.2, -0.15) is 5.26 Å². The molecule has 9 nitrogen and oxygen atoms in total. The minimum atomic E-state index is -1.07. The number of aliphatic carboxylic acids is 1. The second-order valence-electron chi connectivity index (χ2n) is 6.73. The minimum absolute atomic E-state index is 0.0186. The van der Waals surface area contributed by atoms with Gasteiger partial charge in [0.15, 0.2) is 6.61 Å². The summed E-state index contributed by atoms with van der Waals surface area (Å²) in [6, 6.07) is 16.4. The Balaban J connectivity index is 1.80. The number of fused-ring (bicyclic) bond motifs is 1. The van der Waals surface area contributed by atoms with E-state index in [0.717, 1.165) is 11.1 Å². The Bertz CT molecular complexity index is 1210. The van der Waals surface area contributed by atoms with Crippen LogP contribution in [0.25, 0.3) is 11.3 Å². The quantitative estimate of drug-likeness (QED) is 0.554. The van der Waals surface area contributed by atoms with E-state index in [1.165, 1.54) is 0 Å². The van der Waals surface area contributed by atoms with Crippen molar-refractivity contribution in [2.45, 2.75) is 5.92 Å². The number of benzene rings is 2. The summed E-state index contributed by atoms with van der Waals surface area (Å²) in [6.07, 6.45) is 0. The normalized spacial score (nSPS) is 14.9. The van der Waals surface area contributed by atoms with Gasteiger partial charge in [0.05, 0.1) is 24.3 Å². The van der Waals surface area contributed by atoms with Gasteiger partial charge in [0.2, 0.25) is 11.8 Å². The Kier molecular flexibility index (Phi) is 5.20. The maximum Gasteiger partial charge on any atom is 0.341 e. The van der Waals surface area contributed by atoms with Gasteiger partial charge in [-0.15, -0.1) is 5.10 Å². The van der Waals surface area contributed by atoms with Gasteiger partial charge in [0.1, 0.15) is 23.1 Å². The molecular weight excluding hydrogens is 400 g/mol. The van der Waals surface area contributed by atoms with Crippen LogP contribution < -0.4 is 19.9 Å². The highest BCUT2D eigenvalue weighted by Crippen LogP contribution is 2.46. The van der Waals surface area contributed by atoms with Crippen molar-refractivity contribution in [2.24, 2.45) is 5.73 Å². The van der Waals surface area contributed by atoms with E-state index in [1.807, 2.05) is 24.3 Å². The maximum absolute atomic E-state index is 10.7.